The van der Waals surface area contributed by atoms with Crippen molar-refractivity contribution in [3.8, 4) is 11.3 Å². The number of furan rings is 1. The molecule has 2 heterocycles. The van der Waals surface area contributed by atoms with Crippen molar-refractivity contribution in [3.63, 3.8) is 0 Å². The van der Waals surface area contributed by atoms with Crippen LogP contribution in [-0.2, 0) is 6.54 Å². The highest BCUT2D eigenvalue weighted by atomic mass is 16.3. The first kappa shape index (κ1) is 21.6. The SMILES string of the molecule is O=C(Nc1ccccc1-c1cc2ccc(CN3CCNCC3)cc2o1)c1ccc2ccccc2c1. The Labute approximate surface area is 204 Å². The monoisotopic (exact) mass is 461 g/mol. The summed E-state index contributed by atoms with van der Waals surface area (Å²) in [5, 5.41) is 9.70. The van der Waals surface area contributed by atoms with Crippen molar-refractivity contribution in [3.05, 3.63) is 102 Å². The zero-order valence-corrected chi connectivity index (χ0v) is 19.5. The number of nitrogens with zero attached hydrogens (tertiary/aromatic N) is 1. The molecule has 5 aromatic rings. The highest BCUT2D eigenvalue weighted by Gasteiger charge is 2.15. The molecular weight excluding hydrogens is 434 g/mol. The van der Waals surface area contributed by atoms with E-state index in [1.54, 1.807) is 0 Å². The zero-order valence-electron chi connectivity index (χ0n) is 19.5. The maximum Gasteiger partial charge on any atom is 0.255 e. The van der Waals surface area contributed by atoms with Gasteiger partial charge in [0.05, 0.1) is 5.69 Å². The summed E-state index contributed by atoms with van der Waals surface area (Å²) in [6.45, 7) is 5.12. The first-order valence-electron chi connectivity index (χ1n) is 12.1. The molecule has 0 aliphatic carbocycles. The second-order valence-electron chi connectivity index (χ2n) is 9.07. The highest BCUT2D eigenvalue weighted by molar-refractivity contribution is 6.08. The van der Waals surface area contributed by atoms with E-state index in [0.717, 1.165) is 71.5 Å². The first-order valence-corrected chi connectivity index (χ1v) is 12.1. The minimum atomic E-state index is -0.141. The van der Waals surface area contributed by atoms with E-state index in [2.05, 4.69) is 33.7 Å². The number of amides is 1. The van der Waals surface area contributed by atoms with Crippen molar-refractivity contribution in [2.75, 3.05) is 31.5 Å². The van der Waals surface area contributed by atoms with E-state index in [4.69, 9.17) is 4.42 Å². The predicted molar refractivity (Wildman–Crippen MR) is 142 cm³/mol. The summed E-state index contributed by atoms with van der Waals surface area (Å²) in [5.74, 6) is 0.603. The third-order valence-corrected chi connectivity index (χ3v) is 6.65. The van der Waals surface area contributed by atoms with E-state index in [1.807, 2.05) is 72.8 Å². The Bertz CT molecular complexity index is 1510. The minimum Gasteiger partial charge on any atom is -0.456 e. The summed E-state index contributed by atoms with van der Waals surface area (Å²) in [4.78, 5) is 15.6. The van der Waals surface area contributed by atoms with Gasteiger partial charge in [0.2, 0.25) is 0 Å². The summed E-state index contributed by atoms with van der Waals surface area (Å²) in [6.07, 6.45) is 0. The van der Waals surface area contributed by atoms with E-state index < -0.39 is 0 Å². The molecule has 1 saturated heterocycles. The second-order valence-corrected chi connectivity index (χ2v) is 9.07. The Morgan fingerprint density at radius 3 is 2.49 bits per heavy atom. The lowest BCUT2D eigenvalue weighted by molar-refractivity contribution is 0.102. The normalized spacial score (nSPS) is 14.4. The van der Waals surface area contributed by atoms with Gasteiger partial charge in [-0.15, -0.1) is 0 Å². The van der Waals surface area contributed by atoms with Crippen LogP contribution in [-0.4, -0.2) is 37.0 Å². The molecule has 5 heteroatoms. The van der Waals surface area contributed by atoms with Crippen molar-refractivity contribution in [1.29, 1.82) is 0 Å². The second kappa shape index (κ2) is 9.37. The van der Waals surface area contributed by atoms with Gasteiger partial charge in [-0.2, -0.15) is 0 Å². The fraction of sp³-hybridized carbons (Fsp3) is 0.167. The van der Waals surface area contributed by atoms with Crippen LogP contribution in [0.2, 0.25) is 0 Å². The van der Waals surface area contributed by atoms with Gasteiger partial charge >= 0.3 is 0 Å². The number of para-hydroxylation sites is 1. The molecule has 1 amide bonds. The molecule has 174 valence electrons. The van der Waals surface area contributed by atoms with E-state index >= 15 is 0 Å². The number of hydrogen-bond donors (Lipinski definition) is 2. The van der Waals surface area contributed by atoms with Gasteiger partial charge < -0.3 is 15.1 Å². The molecule has 1 aliphatic rings. The molecule has 2 N–H and O–H groups in total. The number of fused-ring (bicyclic) bond motifs is 2. The fourth-order valence-electron chi connectivity index (χ4n) is 4.77. The Morgan fingerprint density at radius 1 is 0.829 bits per heavy atom. The van der Waals surface area contributed by atoms with Crippen LogP contribution in [0.3, 0.4) is 0 Å². The van der Waals surface area contributed by atoms with E-state index in [0.29, 0.717) is 5.56 Å². The number of benzene rings is 4. The molecule has 0 saturated carbocycles. The van der Waals surface area contributed by atoms with Gasteiger partial charge in [0, 0.05) is 49.2 Å². The standard InChI is InChI=1S/C30H27N3O2/c34-30(25-12-11-22-5-1-2-6-23(22)18-25)32-27-8-4-3-7-26(27)29-19-24-10-9-21(17-28(24)35-29)20-33-15-13-31-14-16-33/h1-12,17-19,31H,13-16,20H2,(H,32,34). The predicted octanol–water partition coefficient (Wildman–Crippen LogP) is 5.91. The molecule has 0 radical (unpaired) electrons. The molecule has 0 bridgehead atoms. The summed E-state index contributed by atoms with van der Waals surface area (Å²) in [6, 6.07) is 30.1. The Hall–Kier alpha value is -3.93. The quantitative estimate of drug-likeness (QED) is 0.342. The molecule has 1 fully saturated rings. The third-order valence-electron chi connectivity index (χ3n) is 6.65. The van der Waals surface area contributed by atoms with Gasteiger partial charge in [-0.3, -0.25) is 9.69 Å². The lowest BCUT2D eigenvalue weighted by atomic mass is 10.1. The average Bonchev–Trinajstić information content (AvgIpc) is 3.32. The number of carbonyl (C=O) groups is 1. The van der Waals surface area contributed by atoms with Crippen LogP contribution >= 0.6 is 0 Å². The van der Waals surface area contributed by atoms with Gasteiger partial charge in [-0.05, 0) is 52.7 Å². The molecule has 35 heavy (non-hydrogen) atoms. The van der Waals surface area contributed by atoms with Crippen LogP contribution in [0.15, 0.2) is 95.4 Å². The summed E-state index contributed by atoms with van der Waals surface area (Å²) in [5.41, 5.74) is 4.33. The van der Waals surface area contributed by atoms with Crippen molar-refractivity contribution < 1.29 is 9.21 Å². The Morgan fingerprint density at radius 2 is 1.60 bits per heavy atom. The van der Waals surface area contributed by atoms with Crippen LogP contribution in [0.1, 0.15) is 15.9 Å². The molecule has 5 nitrogen and oxygen atoms in total. The van der Waals surface area contributed by atoms with Crippen molar-refractivity contribution in [1.82, 2.24) is 10.2 Å². The van der Waals surface area contributed by atoms with Gasteiger partial charge in [0.15, 0.2) is 0 Å². The summed E-state index contributed by atoms with van der Waals surface area (Å²) in [7, 11) is 0. The van der Waals surface area contributed by atoms with Crippen molar-refractivity contribution >= 4 is 33.3 Å². The third kappa shape index (κ3) is 4.56. The fourth-order valence-corrected chi connectivity index (χ4v) is 4.77. The van der Waals surface area contributed by atoms with Crippen LogP contribution in [0.5, 0.6) is 0 Å². The first-order chi connectivity index (χ1) is 17.2. The van der Waals surface area contributed by atoms with Crippen LogP contribution in [0, 0.1) is 0 Å². The van der Waals surface area contributed by atoms with Gasteiger partial charge in [-0.25, -0.2) is 0 Å². The molecule has 4 aromatic carbocycles. The van der Waals surface area contributed by atoms with Gasteiger partial charge in [0.25, 0.3) is 5.91 Å². The molecule has 0 unspecified atom stereocenters. The van der Waals surface area contributed by atoms with Crippen molar-refractivity contribution in [2.45, 2.75) is 6.54 Å². The summed E-state index contributed by atoms with van der Waals surface area (Å²) < 4.78 is 6.29. The number of nitrogens with one attached hydrogen (secondary N) is 2. The van der Waals surface area contributed by atoms with E-state index in [9.17, 15) is 4.79 Å². The van der Waals surface area contributed by atoms with Crippen LogP contribution in [0.4, 0.5) is 5.69 Å². The van der Waals surface area contributed by atoms with Crippen molar-refractivity contribution in [2.24, 2.45) is 0 Å². The van der Waals surface area contributed by atoms with Crippen LogP contribution < -0.4 is 10.6 Å². The molecule has 1 aromatic heterocycles. The number of hydrogen-bond acceptors (Lipinski definition) is 4. The molecule has 6 rings (SSSR count). The maximum absolute atomic E-state index is 13.1. The number of anilines is 1. The average molecular weight is 462 g/mol. The highest BCUT2D eigenvalue weighted by Crippen LogP contribution is 2.33. The van der Waals surface area contributed by atoms with E-state index in [1.165, 1.54) is 5.56 Å². The molecular formula is C30H27N3O2. The summed E-state index contributed by atoms with van der Waals surface area (Å²) >= 11 is 0. The Balaban J connectivity index is 1.26. The largest absolute Gasteiger partial charge is 0.456 e. The Kier molecular flexibility index (Phi) is 5.78. The lowest BCUT2D eigenvalue weighted by Crippen LogP contribution is -2.42. The van der Waals surface area contributed by atoms with Crippen LogP contribution in [0.25, 0.3) is 33.1 Å². The molecule has 0 atom stereocenters. The number of carbonyl (C=O) groups excluding carboxylic acids is 1. The smallest absolute Gasteiger partial charge is 0.255 e. The number of piperazine rings is 1. The zero-order chi connectivity index (χ0) is 23.6. The van der Waals surface area contributed by atoms with E-state index in [-0.39, 0.29) is 5.91 Å². The topological polar surface area (TPSA) is 57.5 Å². The van der Waals surface area contributed by atoms with Gasteiger partial charge in [-0.1, -0.05) is 54.6 Å². The lowest BCUT2D eigenvalue weighted by Gasteiger charge is -2.27. The molecule has 0 spiro atoms. The minimum absolute atomic E-state index is 0.141. The maximum atomic E-state index is 13.1. The number of rotatable bonds is 5. The van der Waals surface area contributed by atoms with Gasteiger partial charge in [0.1, 0.15) is 11.3 Å². The molecule has 1 aliphatic heterocycles.